The van der Waals surface area contributed by atoms with Gasteiger partial charge in [-0.1, -0.05) is 12.1 Å². The maximum Gasteiger partial charge on any atom is 0.326 e. The van der Waals surface area contributed by atoms with E-state index in [1.54, 1.807) is 24.0 Å². The Kier molecular flexibility index (Phi) is 5.48. The van der Waals surface area contributed by atoms with Gasteiger partial charge in [0.25, 0.3) is 12.2 Å². The number of urea groups is 1. The van der Waals surface area contributed by atoms with Crippen molar-refractivity contribution in [1.29, 1.82) is 0 Å². The molecule has 3 N–H and O–H groups in total. The van der Waals surface area contributed by atoms with E-state index < -0.39 is 0 Å². The molecule has 1 aromatic carbocycles. The van der Waals surface area contributed by atoms with Crippen LogP contribution in [0, 0.1) is 6.92 Å². The predicted octanol–water partition coefficient (Wildman–Crippen LogP) is 3.07. The van der Waals surface area contributed by atoms with E-state index in [0.29, 0.717) is 18.9 Å². The number of amidine groups is 1. The number of nitrogens with zero attached hydrogens (tertiary/aromatic N) is 4. The molecule has 0 saturated heterocycles. The number of fused-ring (bicyclic) bond motifs is 1. The molecule has 0 bridgehead atoms. The first kappa shape index (κ1) is 19.0. The molecule has 0 radical (unpaired) electrons. The Morgan fingerprint density at radius 2 is 2.17 bits per heavy atom. The molecule has 1 unspecified atom stereocenters. The lowest BCUT2D eigenvalue weighted by Gasteiger charge is -2.13. The highest BCUT2D eigenvalue weighted by atomic mass is 32.1. The van der Waals surface area contributed by atoms with Crippen molar-refractivity contribution in [3.63, 3.8) is 0 Å². The number of amides is 2. The van der Waals surface area contributed by atoms with Crippen LogP contribution in [-0.2, 0) is 0 Å². The Morgan fingerprint density at radius 3 is 3.03 bits per heavy atom. The fourth-order valence-corrected chi connectivity index (χ4v) is 3.84. The monoisotopic (exact) mass is 408 g/mol. The van der Waals surface area contributed by atoms with Crippen molar-refractivity contribution >= 4 is 51.3 Å². The fourth-order valence-electron chi connectivity index (χ4n) is 3.03. The summed E-state index contributed by atoms with van der Waals surface area (Å²) in [5.41, 5.74) is 2.79. The zero-order chi connectivity index (χ0) is 20.2. The summed E-state index contributed by atoms with van der Waals surface area (Å²) >= 11 is 1.62. The SMILES string of the molecule is Cc1cccc(NC(=O)NC2=NC=[N+](C(C)CNc3ncnc4ccsc34)C2)c1. The van der Waals surface area contributed by atoms with E-state index in [1.807, 2.05) is 42.6 Å². The maximum absolute atomic E-state index is 12.2. The minimum absolute atomic E-state index is 0.169. The van der Waals surface area contributed by atoms with Gasteiger partial charge in [0.15, 0.2) is 6.54 Å². The lowest BCUT2D eigenvalue weighted by atomic mass is 10.2. The topological polar surface area (TPSA) is 94.3 Å². The smallest absolute Gasteiger partial charge is 0.326 e. The molecule has 1 aliphatic rings. The third-order valence-electron chi connectivity index (χ3n) is 4.60. The number of carbonyl (C=O) groups excluding carboxylic acids is 1. The Morgan fingerprint density at radius 1 is 1.28 bits per heavy atom. The molecule has 1 atom stereocenters. The second-order valence-corrected chi connectivity index (χ2v) is 7.82. The lowest BCUT2D eigenvalue weighted by Crippen LogP contribution is -2.39. The highest BCUT2D eigenvalue weighted by molar-refractivity contribution is 7.17. The molecule has 2 aromatic heterocycles. The average Bonchev–Trinajstić information content (AvgIpc) is 3.35. The van der Waals surface area contributed by atoms with E-state index in [4.69, 9.17) is 0 Å². The van der Waals surface area contributed by atoms with Crippen LogP contribution in [0.2, 0.25) is 0 Å². The van der Waals surface area contributed by atoms with Crippen LogP contribution in [-0.4, -0.2) is 51.9 Å². The highest BCUT2D eigenvalue weighted by Gasteiger charge is 2.24. The summed E-state index contributed by atoms with van der Waals surface area (Å²) in [4.78, 5) is 25.1. The van der Waals surface area contributed by atoms with Gasteiger partial charge in [0.1, 0.15) is 18.2 Å². The van der Waals surface area contributed by atoms with Gasteiger partial charge in [-0.05, 0) is 48.0 Å². The number of aromatic nitrogens is 2. The van der Waals surface area contributed by atoms with E-state index in [9.17, 15) is 4.79 Å². The van der Waals surface area contributed by atoms with Crippen LogP contribution in [0.3, 0.4) is 0 Å². The summed E-state index contributed by atoms with van der Waals surface area (Å²) in [5, 5.41) is 11.0. The van der Waals surface area contributed by atoms with Crippen LogP contribution < -0.4 is 16.0 Å². The third kappa shape index (κ3) is 4.57. The molecule has 1 aliphatic heterocycles. The minimum Gasteiger partial charge on any atom is -0.365 e. The van der Waals surface area contributed by atoms with Crippen LogP contribution >= 0.6 is 11.3 Å². The first-order chi connectivity index (χ1) is 14.1. The second-order valence-electron chi connectivity index (χ2n) is 6.90. The van der Waals surface area contributed by atoms with Gasteiger partial charge in [-0.2, -0.15) is 0 Å². The molecule has 0 aliphatic carbocycles. The van der Waals surface area contributed by atoms with Crippen LogP contribution in [0.25, 0.3) is 10.2 Å². The highest BCUT2D eigenvalue weighted by Crippen LogP contribution is 2.24. The largest absolute Gasteiger partial charge is 0.365 e. The van der Waals surface area contributed by atoms with Crippen molar-refractivity contribution in [2.45, 2.75) is 19.9 Å². The van der Waals surface area contributed by atoms with Gasteiger partial charge >= 0.3 is 6.03 Å². The Hall–Kier alpha value is -3.33. The molecule has 29 heavy (non-hydrogen) atoms. The molecule has 0 spiro atoms. The van der Waals surface area contributed by atoms with Gasteiger partial charge in [0.05, 0.1) is 16.8 Å². The number of aryl methyl sites for hydroxylation is 1. The molecule has 3 aromatic rings. The molecule has 0 fully saturated rings. The van der Waals surface area contributed by atoms with Gasteiger partial charge in [0, 0.05) is 5.69 Å². The summed E-state index contributed by atoms with van der Waals surface area (Å²) in [5.74, 6) is 1.46. The number of aliphatic imine (C=N–C) groups is 1. The molecule has 2 amide bonds. The summed E-state index contributed by atoms with van der Waals surface area (Å²) in [6.07, 6.45) is 3.33. The number of anilines is 2. The zero-order valence-electron chi connectivity index (χ0n) is 16.2. The molecular weight excluding hydrogens is 386 g/mol. The Labute approximate surface area is 172 Å². The third-order valence-corrected chi connectivity index (χ3v) is 5.51. The predicted molar refractivity (Wildman–Crippen MR) is 117 cm³/mol. The van der Waals surface area contributed by atoms with E-state index >= 15 is 0 Å². The fraction of sp³-hybridized carbons (Fsp3) is 0.250. The number of nitrogens with one attached hydrogen (secondary N) is 3. The molecule has 3 heterocycles. The van der Waals surface area contributed by atoms with Crippen molar-refractivity contribution in [1.82, 2.24) is 15.3 Å². The minimum atomic E-state index is -0.295. The van der Waals surface area contributed by atoms with Crippen LogP contribution in [0.5, 0.6) is 0 Å². The number of carbonyl (C=O) groups is 1. The number of benzene rings is 1. The molecule has 148 valence electrons. The van der Waals surface area contributed by atoms with Gasteiger partial charge in [-0.3, -0.25) is 9.89 Å². The Bertz CT molecular complexity index is 1100. The summed E-state index contributed by atoms with van der Waals surface area (Å²) in [7, 11) is 0. The lowest BCUT2D eigenvalue weighted by molar-refractivity contribution is -0.538. The van der Waals surface area contributed by atoms with Crippen LogP contribution in [0.4, 0.5) is 16.3 Å². The van der Waals surface area contributed by atoms with E-state index in [2.05, 4.69) is 42.4 Å². The summed E-state index contributed by atoms with van der Waals surface area (Å²) in [6, 6.07) is 9.52. The first-order valence-corrected chi connectivity index (χ1v) is 10.2. The van der Waals surface area contributed by atoms with Gasteiger partial charge in [0.2, 0.25) is 0 Å². The summed E-state index contributed by atoms with van der Waals surface area (Å²) < 4.78 is 3.12. The number of hydrogen-bond donors (Lipinski definition) is 3. The van der Waals surface area contributed by atoms with Crippen molar-refractivity contribution in [2.75, 3.05) is 23.7 Å². The second kappa shape index (κ2) is 8.36. The van der Waals surface area contributed by atoms with Gasteiger partial charge in [-0.15, -0.1) is 11.3 Å². The van der Waals surface area contributed by atoms with Crippen molar-refractivity contribution in [3.8, 4) is 0 Å². The molecule has 4 rings (SSSR count). The number of thiophene rings is 1. The molecule has 8 nitrogen and oxygen atoms in total. The van der Waals surface area contributed by atoms with E-state index in [1.165, 1.54) is 0 Å². The first-order valence-electron chi connectivity index (χ1n) is 9.31. The van der Waals surface area contributed by atoms with E-state index in [0.717, 1.165) is 27.3 Å². The van der Waals surface area contributed by atoms with Crippen molar-refractivity contribution in [3.05, 3.63) is 47.6 Å². The van der Waals surface area contributed by atoms with Crippen molar-refractivity contribution in [2.24, 2.45) is 4.99 Å². The average molecular weight is 409 g/mol. The zero-order valence-corrected chi connectivity index (χ0v) is 17.0. The van der Waals surface area contributed by atoms with Gasteiger partial charge in [-0.25, -0.2) is 14.8 Å². The van der Waals surface area contributed by atoms with Crippen molar-refractivity contribution < 1.29 is 9.37 Å². The van der Waals surface area contributed by atoms with Crippen LogP contribution in [0.15, 0.2) is 47.0 Å². The standard InChI is InChI=1S/C20H21N7OS/c1-13-4-3-5-15(8-13)25-20(28)26-17-10-27(12-24-17)14(2)9-21-19-18-16(6-7-29-18)22-11-23-19/h3-8,11-12,14H,9-10H2,1-2H3,(H2,21,22,23,25,28)/p+1. The normalized spacial score (nSPS) is 14.3. The molecule has 0 saturated carbocycles. The Balaban J connectivity index is 1.27. The molecule has 9 heteroatoms. The number of rotatable bonds is 5. The summed E-state index contributed by atoms with van der Waals surface area (Å²) in [6.45, 7) is 5.32. The maximum atomic E-state index is 12.2. The van der Waals surface area contributed by atoms with Gasteiger partial charge < -0.3 is 10.6 Å². The molecular formula is C20H22N7OS+. The van der Waals surface area contributed by atoms with Crippen LogP contribution in [0.1, 0.15) is 12.5 Å². The quantitative estimate of drug-likeness (QED) is 0.566. The number of hydrogen-bond acceptors (Lipinski definition) is 6. The van der Waals surface area contributed by atoms with E-state index in [-0.39, 0.29) is 12.1 Å².